The van der Waals surface area contributed by atoms with Crippen molar-refractivity contribution in [2.45, 2.75) is 13.5 Å². The first-order chi connectivity index (χ1) is 6.31. The Bertz CT molecular complexity index is 435. The number of benzene rings is 1. The summed E-state index contributed by atoms with van der Waals surface area (Å²) in [5, 5.41) is 1.16. The molecule has 0 aliphatic carbocycles. The number of nitrogens with two attached hydrogens (primary N) is 1. The van der Waals surface area contributed by atoms with Gasteiger partial charge in [0.15, 0.2) is 0 Å². The quantitative estimate of drug-likeness (QED) is 0.714. The largest absolute Gasteiger partial charge is 0.326 e. The molecule has 0 aliphatic heterocycles. The third-order valence-electron chi connectivity index (χ3n) is 2.16. The second-order valence-electron chi connectivity index (χ2n) is 3.15. The maximum absolute atomic E-state index is 5.63. The Balaban J connectivity index is 2.79. The number of aryl methyl sites for hydroxylation is 1. The van der Waals surface area contributed by atoms with Crippen LogP contribution in [-0.2, 0) is 6.54 Å². The maximum atomic E-state index is 5.63. The molecule has 1 heterocycles. The highest BCUT2D eigenvalue weighted by Gasteiger charge is 1.99. The van der Waals surface area contributed by atoms with E-state index in [1.54, 1.807) is 0 Å². The molecule has 0 amide bonds. The zero-order valence-electron chi connectivity index (χ0n) is 7.62. The fourth-order valence-corrected chi connectivity index (χ4v) is 1.47. The van der Waals surface area contributed by atoms with Gasteiger partial charge in [0.2, 0.25) is 0 Å². The molecule has 2 nitrogen and oxygen atoms in total. The van der Waals surface area contributed by atoms with E-state index in [2.05, 4.69) is 17.1 Å². The van der Waals surface area contributed by atoms with Crippen molar-refractivity contribution in [2.24, 2.45) is 5.73 Å². The molecule has 0 spiro atoms. The van der Waals surface area contributed by atoms with E-state index in [-0.39, 0.29) is 0 Å². The van der Waals surface area contributed by atoms with Crippen molar-refractivity contribution in [1.82, 2.24) is 4.98 Å². The number of nitrogens with zero attached hydrogens (tertiary/aromatic N) is 1. The van der Waals surface area contributed by atoms with Gasteiger partial charge in [-0.1, -0.05) is 24.3 Å². The number of fused-ring (bicyclic) bond motifs is 1. The molecular weight excluding hydrogens is 160 g/mol. The topological polar surface area (TPSA) is 38.9 Å². The molecule has 13 heavy (non-hydrogen) atoms. The lowest BCUT2D eigenvalue weighted by atomic mass is 10.1. The second-order valence-corrected chi connectivity index (χ2v) is 3.15. The fraction of sp³-hybridized carbons (Fsp3) is 0.182. The third-order valence-corrected chi connectivity index (χ3v) is 2.16. The van der Waals surface area contributed by atoms with Gasteiger partial charge in [0.05, 0.1) is 5.52 Å². The molecule has 2 heteroatoms. The van der Waals surface area contributed by atoms with Gasteiger partial charge in [-0.25, -0.2) is 0 Å². The number of pyridine rings is 1. The highest BCUT2D eigenvalue weighted by molar-refractivity contribution is 5.81. The first kappa shape index (κ1) is 8.20. The van der Waals surface area contributed by atoms with E-state index in [1.807, 2.05) is 25.1 Å². The van der Waals surface area contributed by atoms with Crippen LogP contribution in [0, 0.1) is 6.92 Å². The number of aromatic nitrogens is 1. The minimum absolute atomic E-state index is 0.549. The van der Waals surface area contributed by atoms with E-state index >= 15 is 0 Å². The first-order valence-electron chi connectivity index (χ1n) is 4.36. The van der Waals surface area contributed by atoms with Crippen LogP contribution in [0.15, 0.2) is 30.3 Å². The molecule has 0 atom stereocenters. The summed E-state index contributed by atoms with van der Waals surface area (Å²) in [5.74, 6) is 0. The molecule has 1 aromatic heterocycles. The fourth-order valence-electron chi connectivity index (χ4n) is 1.47. The smallest absolute Gasteiger partial charge is 0.0749 e. The molecule has 0 radical (unpaired) electrons. The first-order valence-corrected chi connectivity index (χ1v) is 4.36. The summed E-state index contributed by atoms with van der Waals surface area (Å²) in [6, 6.07) is 10.2. The normalized spacial score (nSPS) is 10.6. The molecule has 1 aromatic carbocycles. The van der Waals surface area contributed by atoms with Gasteiger partial charge >= 0.3 is 0 Å². The Kier molecular flexibility index (Phi) is 1.99. The summed E-state index contributed by atoms with van der Waals surface area (Å²) in [4.78, 5) is 4.47. The van der Waals surface area contributed by atoms with Gasteiger partial charge in [-0.15, -0.1) is 0 Å². The second kappa shape index (κ2) is 3.15. The monoisotopic (exact) mass is 172 g/mol. The zero-order valence-corrected chi connectivity index (χ0v) is 7.62. The van der Waals surface area contributed by atoms with Crippen LogP contribution in [0.2, 0.25) is 0 Å². The van der Waals surface area contributed by atoms with E-state index in [4.69, 9.17) is 5.73 Å². The van der Waals surface area contributed by atoms with E-state index in [0.29, 0.717) is 6.54 Å². The summed E-state index contributed by atoms with van der Waals surface area (Å²) in [7, 11) is 0. The van der Waals surface area contributed by atoms with Crippen molar-refractivity contribution >= 4 is 10.9 Å². The Morgan fingerprint density at radius 2 is 2.08 bits per heavy atom. The maximum Gasteiger partial charge on any atom is 0.0749 e. The number of para-hydroxylation sites is 1. The Morgan fingerprint density at radius 3 is 2.85 bits per heavy atom. The van der Waals surface area contributed by atoms with Crippen LogP contribution in [0.1, 0.15) is 11.3 Å². The van der Waals surface area contributed by atoms with Gasteiger partial charge in [0.1, 0.15) is 0 Å². The minimum atomic E-state index is 0.549. The summed E-state index contributed by atoms with van der Waals surface area (Å²) in [6.07, 6.45) is 0. The van der Waals surface area contributed by atoms with Crippen LogP contribution in [0.4, 0.5) is 0 Å². The van der Waals surface area contributed by atoms with Crippen LogP contribution in [0.3, 0.4) is 0 Å². The molecule has 2 N–H and O–H groups in total. The number of rotatable bonds is 1. The van der Waals surface area contributed by atoms with Gasteiger partial charge in [0, 0.05) is 17.6 Å². The molecule has 0 saturated carbocycles. The molecule has 0 fully saturated rings. The van der Waals surface area contributed by atoms with Crippen LogP contribution in [-0.4, -0.2) is 4.98 Å². The predicted molar refractivity (Wildman–Crippen MR) is 54.4 cm³/mol. The highest BCUT2D eigenvalue weighted by atomic mass is 14.7. The van der Waals surface area contributed by atoms with E-state index in [9.17, 15) is 0 Å². The van der Waals surface area contributed by atoms with E-state index < -0.39 is 0 Å². The van der Waals surface area contributed by atoms with Gasteiger partial charge in [-0.2, -0.15) is 0 Å². The molecule has 0 bridgehead atoms. The molecule has 66 valence electrons. The van der Waals surface area contributed by atoms with Crippen molar-refractivity contribution in [3.8, 4) is 0 Å². The lowest BCUT2D eigenvalue weighted by Crippen LogP contribution is -1.98. The molecular formula is C11H12N2. The van der Waals surface area contributed by atoms with Gasteiger partial charge < -0.3 is 5.73 Å². The molecule has 2 aromatic rings. The van der Waals surface area contributed by atoms with Gasteiger partial charge in [0.25, 0.3) is 0 Å². The summed E-state index contributed by atoms with van der Waals surface area (Å²) < 4.78 is 0. The summed E-state index contributed by atoms with van der Waals surface area (Å²) >= 11 is 0. The van der Waals surface area contributed by atoms with Crippen molar-refractivity contribution in [3.05, 3.63) is 41.6 Å². The van der Waals surface area contributed by atoms with Crippen molar-refractivity contribution in [3.63, 3.8) is 0 Å². The molecule has 2 rings (SSSR count). The predicted octanol–water partition coefficient (Wildman–Crippen LogP) is 2.00. The van der Waals surface area contributed by atoms with Crippen molar-refractivity contribution in [1.29, 1.82) is 0 Å². The zero-order chi connectivity index (χ0) is 9.26. The lowest BCUT2D eigenvalue weighted by Gasteiger charge is -2.03. The molecule has 0 aliphatic rings. The third kappa shape index (κ3) is 1.40. The van der Waals surface area contributed by atoms with Crippen LogP contribution in [0.25, 0.3) is 10.9 Å². The molecule has 0 saturated heterocycles. The minimum Gasteiger partial charge on any atom is -0.326 e. The summed E-state index contributed by atoms with van der Waals surface area (Å²) in [5.41, 5.74) is 8.81. The van der Waals surface area contributed by atoms with Crippen molar-refractivity contribution < 1.29 is 0 Å². The van der Waals surface area contributed by atoms with Gasteiger partial charge in [-0.05, 0) is 18.6 Å². The van der Waals surface area contributed by atoms with Crippen LogP contribution < -0.4 is 5.73 Å². The standard InChI is InChI=1S/C11H12N2/c1-8-5-6-9-3-2-4-10(7-12)11(9)13-8/h2-6H,7,12H2,1H3. The number of hydrogen-bond donors (Lipinski definition) is 1. The van der Waals surface area contributed by atoms with Crippen LogP contribution >= 0.6 is 0 Å². The average molecular weight is 172 g/mol. The Labute approximate surface area is 77.4 Å². The Hall–Kier alpha value is -1.41. The molecule has 0 unspecified atom stereocenters. The highest BCUT2D eigenvalue weighted by Crippen LogP contribution is 2.16. The lowest BCUT2D eigenvalue weighted by molar-refractivity contribution is 1.07. The van der Waals surface area contributed by atoms with Crippen molar-refractivity contribution in [2.75, 3.05) is 0 Å². The van der Waals surface area contributed by atoms with E-state index in [0.717, 1.165) is 22.2 Å². The Morgan fingerprint density at radius 1 is 1.23 bits per heavy atom. The van der Waals surface area contributed by atoms with E-state index in [1.165, 1.54) is 0 Å². The number of hydrogen-bond acceptors (Lipinski definition) is 2. The average Bonchev–Trinajstić information content (AvgIpc) is 2.17. The van der Waals surface area contributed by atoms with Gasteiger partial charge in [-0.3, -0.25) is 4.98 Å². The SMILES string of the molecule is Cc1ccc2cccc(CN)c2n1. The van der Waals surface area contributed by atoms with Crippen LogP contribution in [0.5, 0.6) is 0 Å². The summed E-state index contributed by atoms with van der Waals surface area (Å²) in [6.45, 7) is 2.54.